The number of hydrogen-bond acceptors (Lipinski definition) is 3. The molecule has 3 heteroatoms. The number of nitrogens with zero attached hydrogens (tertiary/aromatic N) is 1. The molecule has 0 aliphatic heterocycles. The summed E-state index contributed by atoms with van der Waals surface area (Å²) in [6, 6.07) is 91.3. The Labute approximate surface area is 470 Å². The number of hydrogen-bond donors (Lipinski definition) is 0. The van der Waals surface area contributed by atoms with Crippen molar-refractivity contribution in [3.63, 3.8) is 0 Å². The van der Waals surface area contributed by atoms with E-state index in [1.807, 2.05) is 18.2 Å². The van der Waals surface area contributed by atoms with E-state index in [9.17, 15) is 9.59 Å². The third-order valence-electron chi connectivity index (χ3n) is 17.3. The quantitative estimate of drug-likeness (QED) is 0.112. The van der Waals surface area contributed by atoms with Crippen LogP contribution in [-0.4, -0.2) is 11.6 Å². The summed E-state index contributed by atoms with van der Waals surface area (Å²) in [7, 11) is 0. The molecule has 81 heavy (non-hydrogen) atoms. The molecule has 0 aromatic heterocycles. The molecular weight excluding hydrogens is 983 g/mol. The molecule has 0 unspecified atom stereocenters. The first-order valence-electron chi connectivity index (χ1n) is 27.8. The fourth-order valence-electron chi connectivity index (χ4n) is 13.9. The minimum Gasteiger partial charge on any atom is -0.310 e. The van der Waals surface area contributed by atoms with E-state index in [4.69, 9.17) is 0 Å². The third kappa shape index (κ3) is 6.89. The molecule has 0 saturated heterocycles. The Hall–Kier alpha value is -10.5. The molecular formula is C78H49NO2. The van der Waals surface area contributed by atoms with E-state index < -0.39 is 0 Å². The molecule has 0 radical (unpaired) electrons. The van der Waals surface area contributed by atoms with Crippen molar-refractivity contribution in [2.24, 2.45) is 0 Å². The average molecular weight is 1030 g/mol. The molecule has 13 aromatic rings. The number of allylic oxidation sites excluding steroid dienone is 1. The first-order valence-corrected chi connectivity index (χ1v) is 27.8. The lowest BCUT2D eigenvalue weighted by Gasteiger charge is -2.27. The van der Waals surface area contributed by atoms with Gasteiger partial charge in [-0.2, -0.15) is 0 Å². The molecule has 16 rings (SSSR count). The Morgan fingerprint density at radius 3 is 1.14 bits per heavy atom. The molecule has 0 spiro atoms. The van der Waals surface area contributed by atoms with E-state index in [-0.39, 0.29) is 17.1 Å². The van der Waals surface area contributed by atoms with E-state index in [0.717, 1.165) is 55.7 Å². The predicted molar refractivity (Wildman–Crippen MR) is 337 cm³/mol. The number of ketones is 2. The largest absolute Gasteiger partial charge is 0.310 e. The van der Waals surface area contributed by atoms with Crippen LogP contribution in [0.2, 0.25) is 0 Å². The summed E-state index contributed by atoms with van der Waals surface area (Å²) < 4.78 is 0. The predicted octanol–water partition coefficient (Wildman–Crippen LogP) is 20.7. The highest BCUT2D eigenvalue weighted by Gasteiger charge is 2.38. The van der Waals surface area contributed by atoms with Gasteiger partial charge < -0.3 is 4.90 Å². The van der Waals surface area contributed by atoms with Crippen LogP contribution >= 0.6 is 0 Å². The van der Waals surface area contributed by atoms with Gasteiger partial charge >= 0.3 is 0 Å². The molecule has 0 bridgehead atoms. The third-order valence-corrected chi connectivity index (χ3v) is 17.3. The Morgan fingerprint density at radius 2 is 0.654 bits per heavy atom. The maximum absolute atomic E-state index is 13.9. The number of rotatable bonds is 8. The first kappa shape index (κ1) is 46.6. The van der Waals surface area contributed by atoms with Crippen LogP contribution in [-0.2, 0) is 0 Å². The number of carbonyl (C=O) groups is 2. The Balaban J connectivity index is 1.02. The Kier molecular flexibility index (Phi) is 10.4. The van der Waals surface area contributed by atoms with Crippen molar-refractivity contribution < 1.29 is 9.59 Å². The van der Waals surface area contributed by atoms with E-state index >= 15 is 0 Å². The Morgan fingerprint density at radius 1 is 0.284 bits per heavy atom. The molecule has 0 N–H and O–H groups in total. The van der Waals surface area contributed by atoms with Crippen LogP contribution in [0.5, 0.6) is 0 Å². The number of Topliss-reactive ketones (excluding diaryl/α,β-unsaturated/α-hetero) is 2. The lowest BCUT2D eigenvalue weighted by molar-refractivity contribution is 0.0990. The first-order chi connectivity index (χ1) is 39.9. The molecule has 0 fully saturated rings. The van der Waals surface area contributed by atoms with Crippen LogP contribution in [0.25, 0.3) is 127 Å². The van der Waals surface area contributed by atoms with Crippen molar-refractivity contribution in [1.29, 1.82) is 0 Å². The van der Waals surface area contributed by atoms with Gasteiger partial charge in [0, 0.05) is 28.2 Å². The molecule has 0 amide bonds. The van der Waals surface area contributed by atoms with Crippen molar-refractivity contribution in [3.8, 4) is 89.0 Å². The van der Waals surface area contributed by atoms with Crippen molar-refractivity contribution >= 4 is 67.0 Å². The molecule has 3 nitrogen and oxygen atoms in total. The summed E-state index contributed by atoms with van der Waals surface area (Å²) in [6.07, 6.45) is 1.81. The van der Waals surface area contributed by atoms with Crippen molar-refractivity contribution in [2.75, 3.05) is 4.90 Å². The van der Waals surface area contributed by atoms with Gasteiger partial charge in [-0.15, -0.1) is 0 Å². The van der Waals surface area contributed by atoms with Gasteiger partial charge in [0.2, 0.25) is 0 Å². The molecule has 13 aromatic carbocycles. The van der Waals surface area contributed by atoms with Crippen molar-refractivity contribution in [2.45, 2.75) is 13.8 Å². The number of para-hydroxylation sites is 2. The number of anilines is 3. The monoisotopic (exact) mass is 1030 g/mol. The lowest BCUT2D eigenvalue weighted by atomic mass is 9.80. The molecule has 3 aliphatic carbocycles. The van der Waals surface area contributed by atoms with Gasteiger partial charge in [-0.25, -0.2) is 0 Å². The number of aryl methyl sites for hydroxylation is 2. The topological polar surface area (TPSA) is 37.4 Å². The van der Waals surface area contributed by atoms with Crippen LogP contribution in [0.15, 0.2) is 260 Å². The summed E-state index contributed by atoms with van der Waals surface area (Å²) in [5, 5.41) is 7.06. The highest BCUT2D eigenvalue weighted by Crippen LogP contribution is 2.65. The van der Waals surface area contributed by atoms with Crippen LogP contribution in [0.3, 0.4) is 0 Å². The minimum absolute atomic E-state index is 0.196. The summed E-state index contributed by atoms with van der Waals surface area (Å²) in [5.41, 5.74) is 26.7. The van der Waals surface area contributed by atoms with Crippen LogP contribution < -0.4 is 4.90 Å². The summed E-state index contributed by atoms with van der Waals surface area (Å²) in [4.78, 5) is 30.3. The normalized spacial score (nSPS) is 12.6. The number of benzene rings is 13. The minimum atomic E-state index is -0.231. The van der Waals surface area contributed by atoms with Crippen LogP contribution in [0, 0.1) is 13.8 Å². The second kappa shape index (κ2) is 18.0. The summed E-state index contributed by atoms with van der Waals surface area (Å²) in [6.45, 7) is 4.42. The molecule has 378 valence electrons. The molecule has 0 heterocycles. The van der Waals surface area contributed by atoms with Crippen molar-refractivity contribution in [3.05, 3.63) is 288 Å². The van der Waals surface area contributed by atoms with E-state index in [1.165, 1.54) is 99.4 Å². The van der Waals surface area contributed by atoms with Gasteiger partial charge in [0.25, 0.3) is 0 Å². The molecule has 0 saturated carbocycles. The van der Waals surface area contributed by atoms with Gasteiger partial charge in [-0.05, 0) is 200 Å². The average Bonchev–Trinajstić information content (AvgIpc) is 3.21. The van der Waals surface area contributed by atoms with Gasteiger partial charge in [-0.1, -0.05) is 212 Å². The highest BCUT2D eigenvalue weighted by molar-refractivity contribution is 6.41. The number of fused-ring (bicyclic) bond motifs is 9. The maximum atomic E-state index is 13.9. The SMILES string of the molecule is Cc1ccccc1-c1c2c(c(-c3ccccc3C)c3cc(C=C4C(=O)c5ccccc5C4=O)ccc13)-c1ccc3c4c(ccc-2c14)-c1c-3c(-c2ccccc2)c2ccc(N(c3ccccc3)c3ccccc3)cc2c1-c1ccccc1. The van der Waals surface area contributed by atoms with E-state index in [2.05, 4.69) is 249 Å². The zero-order chi connectivity index (χ0) is 54.0. The van der Waals surface area contributed by atoms with Gasteiger partial charge in [0.1, 0.15) is 0 Å². The lowest BCUT2D eigenvalue weighted by Crippen LogP contribution is -2.09. The zero-order valence-electron chi connectivity index (χ0n) is 44.6. The van der Waals surface area contributed by atoms with Crippen molar-refractivity contribution in [1.82, 2.24) is 0 Å². The molecule has 3 aliphatic rings. The summed E-state index contributed by atoms with van der Waals surface area (Å²) >= 11 is 0. The second-order valence-electron chi connectivity index (χ2n) is 21.7. The van der Waals surface area contributed by atoms with Gasteiger partial charge in [0.15, 0.2) is 11.6 Å². The fourth-order valence-corrected chi connectivity index (χ4v) is 13.9. The van der Waals surface area contributed by atoms with Crippen LogP contribution in [0.4, 0.5) is 17.1 Å². The summed E-state index contributed by atoms with van der Waals surface area (Å²) in [5.74, 6) is -0.463. The molecule has 0 atom stereocenters. The fraction of sp³-hybridized carbons (Fsp3) is 0.0256. The standard InChI is InChI=1S/C78H49NO2/c1-46-21-15-17-31-54(46)69-57-37-35-48(44-66-77(80)58-33-19-20-34-59(58)78(66)81)43-64(57)70(55-32-18-16-22-47(55)2)76-63-42-39-60-71-61(40-41-62(72(63)71)75(69)76)74-68(50-25-9-4-10-26-50)65-45-53(36-38-56(65)67(73(60)74)49-23-7-3-8-24-49)79(51-27-11-5-12-28-51)52-29-13-6-14-30-52/h3-45H,1-2H3. The maximum Gasteiger partial charge on any atom is 0.197 e. The van der Waals surface area contributed by atoms with Gasteiger partial charge in [0.05, 0.1) is 5.57 Å². The smallest absolute Gasteiger partial charge is 0.197 e. The van der Waals surface area contributed by atoms with Crippen LogP contribution in [0.1, 0.15) is 37.4 Å². The highest BCUT2D eigenvalue weighted by atomic mass is 16.2. The van der Waals surface area contributed by atoms with E-state index in [0.29, 0.717) is 11.1 Å². The zero-order valence-corrected chi connectivity index (χ0v) is 44.6. The van der Waals surface area contributed by atoms with Gasteiger partial charge in [-0.3, -0.25) is 9.59 Å². The van der Waals surface area contributed by atoms with E-state index in [1.54, 1.807) is 12.1 Å². The Bertz CT molecular complexity index is 4820. The number of carbonyl (C=O) groups excluding carboxylic acids is 2. The second-order valence-corrected chi connectivity index (χ2v) is 21.7.